The molecule has 0 spiro atoms. The van der Waals surface area contributed by atoms with Gasteiger partial charge in [-0.1, -0.05) is 48.5 Å². The second-order valence-electron chi connectivity index (χ2n) is 6.65. The lowest BCUT2D eigenvalue weighted by atomic mass is 9.92. The Morgan fingerprint density at radius 2 is 1.74 bits per heavy atom. The minimum absolute atomic E-state index is 0.0467. The lowest BCUT2D eigenvalue weighted by Gasteiger charge is -2.23. The van der Waals surface area contributed by atoms with E-state index in [9.17, 15) is 18.8 Å². The number of halogens is 1. The number of likely N-dealkylation sites (N-methyl/N-ethyl adjacent to an activating group) is 1. The third kappa shape index (κ3) is 3.53. The van der Waals surface area contributed by atoms with Gasteiger partial charge in [-0.3, -0.25) is 14.5 Å². The molecule has 7 heteroatoms. The van der Waals surface area contributed by atoms with Crippen LogP contribution in [0.4, 0.5) is 9.18 Å². The Bertz CT molecular complexity index is 887. The molecule has 1 N–H and O–H groups in total. The molecular weight excluding hydrogens is 349 g/mol. The quantitative estimate of drug-likeness (QED) is 0.822. The molecule has 1 unspecified atom stereocenters. The number of carbonyl (C=O) groups is 3. The number of nitrogens with one attached hydrogen (secondary N) is 1. The summed E-state index contributed by atoms with van der Waals surface area (Å²) in [4.78, 5) is 39.8. The van der Waals surface area contributed by atoms with Gasteiger partial charge in [-0.2, -0.15) is 0 Å². The maximum absolute atomic E-state index is 13.8. The standard InChI is InChI=1S/C20H20FN3O3/c1-20(15-9-4-3-5-10-15)18(26)24(19(27)22-20)13-17(25)23(2)12-14-8-6-7-11-16(14)21/h3-11H,12-13H2,1-2H3,(H,22,27). The van der Waals surface area contributed by atoms with E-state index in [0.29, 0.717) is 11.1 Å². The Kier molecular flexibility index (Phi) is 4.94. The Morgan fingerprint density at radius 3 is 2.41 bits per heavy atom. The van der Waals surface area contributed by atoms with Crippen LogP contribution in [0.25, 0.3) is 0 Å². The summed E-state index contributed by atoms with van der Waals surface area (Å²) >= 11 is 0. The van der Waals surface area contributed by atoms with E-state index < -0.39 is 35.7 Å². The van der Waals surface area contributed by atoms with Crippen molar-refractivity contribution >= 4 is 17.8 Å². The predicted octanol–water partition coefficient (Wildman–Crippen LogP) is 2.25. The van der Waals surface area contributed by atoms with Crippen molar-refractivity contribution in [1.82, 2.24) is 15.1 Å². The van der Waals surface area contributed by atoms with Gasteiger partial charge in [0.15, 0.2) is 0 Å². The fourth-order valence-corrected chi connectivity index (χ4v) is 3.03. The van der Waals surface area contributed by atoms with Gasteiger partial charge in [0.05, 0.1) is 0 Å². The van der Waals surface area contributed by atoms with Crippen molar-refractivity contribution in [2.75, 3.05) is 13.6 Å². The largest absolute Gasteiger partial charge is 0.340 e. The zero-order valence-corrected chi connectivity index (χ0v) is 15.1. The minimum atomic E-state index is -1.22. The van der Waals surface area contributed by atoms with Crippen LogP contribution in [0.15, 0.2) is 54.6 Å². The Labute approximate surface area is 156 Å². The van der Waals surface area contributed by atoms with Gasteiger partial charge in [0.25, 0.3) is 5.91 Å². The molecule has 1 aliphatic heterocycles. The topological polar surface area (TPSA) is 69.7 Å². The van der Waals surface area contributed by atoms with Crippen LogP contribution in [-0.4, -0.2) is 41.2 Å². The van der Waals surface area contributed by atoms with E-state index in [2.05, 4.69) is 5.32 Å². The molecule has 27 heavy (non-hydrogen) atoms. The molecule has 2 aromatic carbocycles. The monoisotopic (exact) mass is 369 g/mol. The second-order valence-corrected chi connectivity index (χ2v) is 6.65. The zero-order valence-electron chi connectivity index (χ0n) is 15.1. The summed E-state index contributed by atoms with van der Waals surface area (Å²) in [5.41, 5.74) is -0.222. The van der Waals surface area contributed by atoms with Crippen molar-refractivity contribution in [2.45, 2.75) is 19.0 Å². The first-order valence-corrected chi connectivity index (χ1v) is 8.50. The number of nitrogens with zero attached hydrogens (tertiary/aromatic N) is 2. The maximum atomic E-state index is 13.8. The van der Waals surface area contributed by atoms with Crippen molar-refractivity contribution in [2.24, 2.45) is 0 Å². The van der Waals surface area contributed by atoms with E-state index in [1.165, 1.54) is 18.0 Å². The number of rotatable bonds is 5. The van der Waals surface area contributed by atoms with Crippen molar-refractivity contribution in [1.29, 1.82) is 0 Å². The first kappa shape index (κ1) is 18.6. The number of benzene rings is 2. The molecule has 6 nitrogen and oxygen atoms in total. The highest BCUT2D eigenvalue weighted by atomic mass is 19.1. The molecule has 1 saturated heterocycles. The lowest BCUT2D eigenvalue weighted by Crippen LogP contribution is -2.43. The molecule has 1 atom stereocenters. The molecule has 0 saturated carbocycles. The SMILES string of the molecule is CN(Cc1ccccc1F)C(=O)CN1C(=O)NC(C)(c2ccccc2)C1=O. The van der Waals surface area contributed by atoms with Crippen LogP contribution in [0, 0.1) is 5.82 Å². The highest BCUT2D eigenvalue weighted by Crippen LogP contribution is 2.28. The van der Waals surface area contributed by atoms with E-state index in [1.807, 2.05) is 6.07 Å². The third-order valence-electron chi connectivity index (χ3n) is 4.71. The van der Waals surface area contributed by atoms with Gasteiger partial charge in [-0.25, -0.2) is 9.18 Å². The minimum Gasteiger partial charge on any atom is -0.340 e. The van der Waals surface area contributed by atoms with Crippen molar-refractivity contribution in [3.8, 4) is 0 Å². The molecule has 2 aromatic rings. The van der Waals surface area contributed by atoms with Gasteiger partial charge in [0, 0.05) is 19.2 Å². The van der Waals surface area contributed by atoms with E-state index >= 15 is 0 Å². The molecule has 0 aromatic heterocycles. The van der Waals surface area contributed by atoms with Crippen LogP contribution in [0.2, 0.25) is 0 Å². The molecule has 0 aliphatic carbocycles. The van der Waals surface area contributed by atoms with Crippen LogP contribution < -0.4 is 5.32 Å². The first-order valence-electron chi connectivity index (χ1n) is 8.50. The van der Waals surface area contributed by atoms with Gasteiger partial charge in [-0.05, 0) is 18.6 Å². The molecule has 1 aliphatic rings. The smallest absolute Gasteiger partial charge is 0.325 e. The number of hydrogen-bond donors (Lipinski definition) is 1. The Balaban J connectivity index is 1.72. The predicted molar refractivity (Wildman–Crippen MR) is 96.9 cm³/mol. The second kappa shape index (κ2) is 7.19. The first-order chi connectivity index (χ1) is 12.8. The van der Waals surface area contributed by atoms with Gasteiger partial charge in [-0.15, -0.1) is 0 Å². The molecule has 1 heterocycles. The third-order valence-corrected chi connectivity index (χ3v) is 4.71. The summed E-state index contributed by atoms with van der Waals surface area (Å²) in [6.45, 7) is 1.25. The van der Waals surface area contributed by atoms with E-state index in [0.717, 1.165) is 4.90 Å². The van der Waals surface area contributed by atoms with Gasteiger partial charge in [0.2, 0.25) is 5.91 Å². The molecule has 140 valence electrons. The van der Waals surface area contributed by atoms with Crippen LogP contribution in [-0.2, 0) is 21.7 Å². The molecule has 0 bridgehead atoms. The van der Waals surface area contributed by atoms with E-state index in [4.69, 9.17) is 0 Å². The summed E-state index contributed by atoms with van der Waals surface area (Å²) < 4.78 is 13.8. The highest BCUT2D eigenvalue weighted by molar-refractivity contribution is 6.09. The summed E-state index contributed by atoms with van der Waals surface area (Å²) in [5, 5.41) is 2.66. The average molecular weight is 369 g/mol. The molecular formula is C20H20FN3O3. The van der Waals surface area contributed by atoms with Crippen molar-refractivity contribution < 1.29 is 18.8 Å². The van der Waals surface area contributed by atoms with Crippen LogP contribution in [0.3, 0.4) is 0 Å². The number of hydrogen-bond acceptors (Lipinski definition) is 3. The number of carbonyl (C=O) groups excluding carboxylic acids is 3. The normalized spacial score (nSPS) is 19.1. The number of urea groups is 1. The van der Waals surface area contributed by atoms with Gasteiger partial charge >= 0.3 is 6.03 Å². The summed E-state index contributed by atoms with van der Waals surface area (Å²) in [5.74, 6) is -1.37. The summed E-state index contributed by atoms with van der Waals surface area (Å²) in [7, 11) is 1.50. The van der Waals surface area contributed by atoms with Crippen molar-refractivity contribution in [3.63, 3.8) is 0 Å². The van der Waals surface area contributed by atoms with Crippen LogP contribution in [0.5, 0.6) is 0 Å². The average Bonchev–Trinajstić information content (AvgIpc) is 2.88. The molecule has 0 radical (unpaired) electrons. The van der Waals surface area contributed by atoms with Crippen LogP contribution >= 0.6 is 0 Å². The lowest BCUT2D eigenvalue weighted by molar-refractivity contribution is -0.138. The van der Waals surface area contributed by atoms with E-state index in [1.54, 1.807) is 49.4 Å². The fraction of sp³-hybridized carbons (Fsp3) is 0.250. The number of amides is 4. The highest BCUT2D eigenvalue weighted by Gasteiger charge is 2.49. The zero-order chi connectivity index (χ0) is 19.6. The van der Waals surface area contributed by atoms with Crippen LogP contribution in [0.1, 0.15) is 18.1 Å². The number of imide groups is 1. The van der Waals surface area contributed by atoms with E-state index in [-0.39, 0.29) is 6.54 Å². The van der Waals surface area contributed by atoms with Crippen molar-refractivity contribution in [3.05, 3.63) is 71.5 Å². The molecule has 3 rings (SSSR count). The molecule has 4 amide bonds. The van der Waals surface area contributed by atoms with Gasteiger partial charge < -0.3 is 10.2 Å². The van der Waals surface area contributed by atoms with Gasteiger partial charge in [0.1, 0.15) is 17.9 Å². The summed E-state index contributed by atoms with van der Waals surface area (Å²) in [6.07, 6.45) is 0. The maximum Gasteiger partial charge on any atom is 0.325 e. The fourth-order valence-electron chi connectivity index (χ4n) is 3.03. The molecule has 1 fully saturated rings. The summed E-state index contributed by atoms with van der Waals surface area (Å²) in [6, 6.07) is 14.4. The Hall–Kier alpha value is -3.22. The Morgan fingerprint density at radius 1 is 1.11 bits per heavy atom.